The third-order valence-electron chi connectivity index (χ3n) is 3.09. The molecule has 21 heavy (non-hydrogen) atoms. The average molecular weight is 283 g/mol. The Morgan fingerprint density at radius 3 is 2.71 bits per heavy atom. The van der Waals surface area contributed by atoms with Crippen molar-refractivity contribution < 1.29 is 14.6 Å². The van der Waals surface area contributed by atoms with Gasteiger partial charge in [-0.2, -0.15) is 5.26 Å². The van der Waals surface area contributed by atoms with Crippen LogP contribution in [-0.2, 0) is 4.74 Å². The van der Waals surface area contributed by atoms with E-state index >= 15 is 0 Å². The molecule has 2 aromatic carbocycles. The van der Waals surface area contributed by atoms with Crippen LogP contribution in [0.25, 0.3) is 0 Å². The zero-order valence-corrected chi connectivity index (χ0v) is 11.8. The van der Waals surface area contributed by atoms with Gasteiger partial charge in [-0.25, -0.2) is 0 Å². The fourth-order valence-electron chi connectivity index (χ4n) is 2.03. The summed E-state index contributed by atoms with van der Waals surface area (Å²) in [6, 6.07) is 16.3. The molecule has 0 heterocycles. The van der Waals surface area contributed by atoms with Gasteiger partial charge < -0.3 is 14.6 Å². The van der Waals surface area contributed by atoms with Gasteiger partial charge in [-0.3, -0.25) is 0 Å². The molecule has 2 aromatic rings. The molecule has 0 bridgehead atoms. The normalized spacial score (nSPS) is 11.7. The number of para-hydroxylation sites is 1. The summed E-state index contributed by atoms with van der Waals surface area (Å²) in [6.45, 7) is 0.896. The van der Waals surface area contributed by atoms with Crippen molar-refractivity contribution in [1.82, 2.24) is 0 Å². The fourth-order valence-corrected chi connectivity index (χ4v) is 2.03. The number of hydrogen-bond donors (Lipinski definition) is 1. The van der Waals surface area contributed by atoms with Gasteiger partial charge in [0.1, 0.15) is 18.5 Å². The Bertz CT molecular complexity index is 634. The first-order chi connectivity index (χ1) is 10.3. The van der Waals surface area contributed by atoms with Crippen molar-refractivity contribution in [1.29, 1.82) is 5.26 Å². The number of methoxy groups -OCH3 is 1. The molecule has 0 saturated carbocycles. The van der Waals surface area contributed by atoms with Gasteiger partial charge in [-0.1, -0.05) is 30.3 Å². The summed E-state index contributed by atoms with van der Waals surface area (Å²) in [5.41, 5.74) is 1.85. The third-order valence-corrected chi connectivity index (χ3v) is 3.09. The molecule has 1 atom stereocenters. The van der Waals surface area contributed by atoms with Crippen LogP contribution < -0.4 is 4.74 Å². The Labute approximate surface area is 124 Å². The van der Waals surface area contributed by atoms with E-state index in [1.807, 2.05) is 24.3 Å². The van der Waals surface area contributed by atoms with Crippen molar-refractivity contribution in [2.24, 2.45) is 0 Å². The summed E-state index contributed by atoms with van der Waals surface area (Å²) in [5.74, 6) is 0.615. The van der Waals surface area contributed by atoms with Crippen LogP contribution in [0, 0.1) is 11.3 Å². The first-order valence-corrected chi connectivity index (χ1v) is 6.65. The molecule has 0 aliphatic rings. The monoisotopic (exact) mass is 283 g/mol. The minimum absolute atomic E-state index is 0.415. The highest BCUT2D eigenvalue weighted by Gasteiger charge is 2.15. The summed E-state index contributed by atoms with van der Waals surface area (Å²) in [7, 11) is 1.61. The van der Waals surface area contributed by atoms with E-state index in [0.29, 0.717) is 35.7 Å². The van der Waals surface area contributed by atoms with Crippen LogP contribution in [0.5, 0.6) is 5.75 Å². The van der Waals surface area contributed by atoms with Crippen molar-refractivity contribution in [3.05, 3.63) is 65.2 Å². The summed E-state index contributed by atoms with van der Waals surface area (Å²) in [5, 5.41) is 19.5. The van der Waals surface area contributed by atoms with Crippen molar-refractivity contribution >= 4 is 0 Å². The molecule has 2 rings (SSSR count). The lowest BCUT2D eigenvalue weighted by atomic mass is 9.99. The maximum absolute atomic E-state index is 10.5. The van der Waals surface area contributed by atoms with E-state index < -0.39 is 6.10 Å². The molecule has 108 valence electrons. The Kier molecular flexibility index (Phi) is 5.33. The van der Waals surface area contributed by atoms with Crippen molar-refractivity contribution in [3.63, 3.8) is 0 Å². The molecule has 0 radical (unpaired) electrons. The van der Waals surface area contributed by atoms with Gasteiger partial charge >= 0.3 is 0 Å². The van der Waals surface area contributed by atoms with Crippen LogP contribution >= 0.6 is 0 Å². The lowest BCUT2D eigenvalue weighted by molar-refractivity contribution is 0.142. The highest BCUT2D eigenvalue weighted by Crippen LogP contribution is 2.30. The van der Waals surface area contributed by atoms with Crippen molar-refractivity contribution in [2.75, 3.05) is 20.3 Å². The Hall–Kier alpha value is -2.35. The van der Waals surface area contributed by atoms with Crippen molar-refractivity contribution in [3.8, 4) is 11.8 Å². The Morgan fingerprint density at radius 1 is 1.14 bits per heavy atom. The molecule has 1 unspecified atom stereocenters. The molecular formula is C17H17NO3. The molecule has 0 aliphatic heterocycles. The molecule has 0 spiro atoms. The molecule has 1 N–H and O–H groups in total. The predicted octanol–water partition coefficient (Wildman–Crippen LogP) is 2.67. The van der Waals surface area contributed by atoms with E-state index in [-0.39, 0.29) is 0 Å². The molecule has 0 amide bonds. The van der Waals surface area contributed by atoms with E-state index in [9.17, 15) is 5.11 Å². The average Bonchev–Trinajstić information content (AvgIpc) is 2.55. The number of hydrogen-bond acceptors (Lipinski definition) is 4. The predicted molar refractivity (Wildman–Crippen MR) is 79.0 cm³/mol. The summed E-state index contributed by atoms with van der Waals surface area (Å²) >= 11 is 0. The van der Waals surface area contributed by atoms with E-state index in [2.05, 4.69) is 6.07 Å². The lowest BCUT2D eigenvalue weighted by Crippen LogP contribution is -2.08. The van der Waals surface area contributed by atoms with Gasteiger partial charge in [0.05, 0.1) is 18.2 Å². The summed E-state index contributed by atoms with van der Waals surface area (Å²) < 4.78 is 10.6. The third kappa shape index (κ3) is 3.82. The number of aliphatic hydroxyl groups excluding tert-OH is 1. The van der Waals surface area contributed by atoms with Gasteiger partial charge in [0, 0.05) is 12.7 Å². The molecule has 4 nitrogen and oxygen atoms in total. The maximum Gasteiger partial charge on any atom is 0.125 e. The van der Waals surface area contributed by atoms with Crippen LogP contribution in [-0.4, -0.2) is 25.4 Å². The quantitative estimate of drug-likeness (QED) is 0.828. The van der Waals surface area contributed by atoms with Crippen LogP contribution in [0.3, 0.4) is 0 Å². The minimum atomic E-state index is -0.836. The SMILES string of the molecule is COCCOc1ccccc1C(O)c1cccc(C#N)c1. The summed E-state index contributed by atoms with van der Waals surface area (Å²) in [6.07, 6.45) is -0.836. The number of aliphatic hydroxyl groups is 1. The van der Waals surface area contributed by atoms with Gasteiger partial charge in [0.15, 0.2) is 0 Å². The smallest absolute Gasteiger partial charge is 0.125 e. The van der Waals surface area contributed by atoms with Gasteiger partial charge in [-0.15, -0.1) is 0 Å². The Balaban J connectivity index is 2.25. The van der Waals surface area contributed by atoms with Gasteiger partial charge in [0.25, 0.3) is 0 Å². The number of nitrogens with zero attached hydrogens (tertiary/aromatic N) is 1. The van der Waals surface area contributed by atoms with E-state index in [1.54, 1.807) is 31.4 Å². The van der Waals surface area contributed by atoms with E-state index in [0.717, 1.165) is 0 Å². The minimum Gasteiger partial charge on any atom is -0.491 e. The number of rotatable bonds is 6. The van der Waals surface area contributed by atoms with Crippen LogP contribution in [0.1, 0.15) is 22.8 Å². The molecule has 0 aromatic heterocycles. The van der Waals surface area contributed by atoms with Gasteiger partial charge in [-0.05, 0) is 23.8 Å². The number of nitriles is 1. The lowest BCUT2D eigenvalue weighted by Gasteiger charge is -2.16. The standard InChI is InChI=1S/C17H17NO3/c1-20-9-10-21-16-8-3-2-7-15(16)17(19)14-6-4-5-13(11-14)12-18/h2-8,11,17,19H,9-10H2,1H3. The maximum atomic E-state index is 10.5. The zero-order valence-electron chi connectivity index (χ0n) is 11.8. The fraction of sp³-hybridized carbons (Fsp3) is 0.235. The number of ether oxygens (including phenoxy) is 2. The van der Waals surface area contributed by atoms with E-state index in [1.165, 1.54) is 0 Å². The first-order valence-electron chi connectivity index (χ1n) is 6.65. The highest BCUT2D eigenvalue weighted by atomic mass is 16.5. The second-order valence-electron chi connectivity index (χ2n) is 4.52. The first kappa shape index (κ1) is 15.0. The summed E-state index contributed by atoms with van der Waals surface area (Å²) in [4.78, 5) is 0. The molecular weight excluding hydrogens is 266 g/mol. The van der Waals surface area contributed by atoms with Crippen LogP contribution in [0.4, 0.5) is 0 Å². The van der Waals surface area contributed by atoms with Crippen LogP contribution in [0.2, 0.25) is 0 Å². The Morgan fingerprint density at radius 2 is 1.95 bits per heavy atom. The highest BCUT2D eigenvalue weighted by molar-refractivity contribution is 5.42. The molecule has 0 fully saturated rings. The second kappa shape index (κ2) is 7.44. The number of benzene rings is 2. The largest absolute Gasteiger partial charge is 0.491 e. The molecule has 0 aliphatic carbocycles. The topological polar surface area (TPSA) is 62.5 Å². The molecule has 0 saturated heterocycles. The van der Waals surface area contributed by atoms with Crippen molar-refractivity contribution in [2.45, 2.75) is 6.10 Å². The van der Waals surface area contributed by atoms with E-state index in [4.69, 9.17) is 14.7 Å². The van der Waals surface area contributed by atoms with Crippen LogP contribution in [0.15, 0.2) is 48.5 Å². The zero-order chi connectivity index (χ0) is 15.1. The van der Waals surface area contributed by atoms with Gasteiger partial charge in [0.2, 0.25) is 0 Å². The second-order valence-corrected chi connectivity index (χ2v) is 4.52. The molecule has 4 heteroatoms.